The third kappa shape index (κ3) is 4.53. The van der Waals surface area contributed by atoms with Crippen LogP contribution in [-0.4, -0.2) is 40.9 Å². The number of methoxy groups -OCH3 is 1. The Bertz CT molecular complexity index is 845. The summed E-state index contributed by atoms with van der Waals surface area (Å²) in [6.45, 7) is 0.947. The maximum atomic E-state index is 13.2. The van der Waals surface area contributed by atoms with Gasteiger partial charge in [-0.2, -0.15) is 0 Å². The number of rotatable bonds is 7. The van der Waals surface area contributed by atoms with Crippen molar-refractivity contribution < 1.29 is 18.3 Å². The fourth-order valence-electron chi connectivity index (χ4n) is 2.45. The average Bonchev–Trinajstić information content (AvgIpc) is 3.12. The zero-order valence-corrected chi connectivity index (χ0v) is 14.7. The van der Waals surface area contributed by atoms with Gasteiger partial charge >= 0.3 is 0 Å². The van der Waals surface area contributed by atoms with Gasteiger partial charge in [0.25, 0.3) is 5.91 Å². The van der Waals surface area contributed by atoms with Crippen molar-refractivity contribution in [1.82, 2.24) is 20.1 Å². The van der Waals surface area contributed by atoms with Crippen molar-refractivity contribution in [3.8, 4) is 17.1 Å². The number of ether oxygens (including phenoxy) is 1. The molecule has 0 aliphatic carbocycles. The highest BCUT2D eigenvalue weighted by atomic mass is 19.1. The monoisotopic (exact) mass is 372 g/mol. The van der Waals surface area contributed by atoms with E-state index >= 15 is 0 Å². The Labute approximate surface area is 154 Å². The molecular formula is C19H18F2N4O2. The van der Waals surface area contributed by atoms with Crippen LogP contribution in [0, 0.1) is 11.6 Å². The third-order valence-electron chi connectivity index (χ3n) is 3.79. The van der Waals surface area contributed by atoms with Gasteiger partial charge in [-0.15, -0.1) is 5.10 Å². The number of benzene rings is 2. The Morgan fingerprint density at radius 3 is 2.33 bits per heavy atom. The van der Waals surface area contributed by atoms with Gasteiger partial charge in [-0.25, -0.2) is 18.4 Å². The molecule has 27 heavy (non-hydrogen) atoms. The van der Waals surface area contributed by atoms with E-state index in [9.17, 15) is 13.6 Å². The van der Waals surface area contributed by atoms with E-state index in [-0.39, 0.29) is 11.6 Å². The summed E-state index contributed by atoms with van der Waals surface area (Å²) >= 11 is 0. The molecule has 0 aliphatic heterocycles. The fraction of sp³-hybridized carbons (Fsp3) is 0.211. The van der Waals surface area contributed by atoms with Crippen molar-refractivity contribution in [1.29, 1.82) is 0 Å². The minimum Gasteiger partial charge on any atom is -0.385 e. The number of hydrogen-bond acceptors (Lipinski definition) is 4. The average molecular weight is 372 g/mol. The van der Waals surface area contributed by atoms with Gasteiger partial charge in [0.2, 0.25) is 5.82 Å². The van der Waals surface area contributed by atoms with Gasteiger partial charge in [-0.05, 0) is 55.0 Å². The number of amides is 1. The van der Waals surface area contributed by atoms with E-state index < -0.39 is 11.7 Å². The molecule has 0 radical (unpaired) electrons. The van der Waals surface area contributed by atoms with Gasteiger partial charge in [-0.1, -0.05) is 0 Å². The predicted molar refractivity (Wildman–Crippen MR) is 95.5 cm³/mol. The second kappa shape index (κ2) is 8.50. The zero-order chi connectivity index (χ0) is 19.2. The molecule has 0 bridgehead atoms. The molecule has 2 aromatic carbocycles. The molecule has 0 unspecified atom stereocenters. The lowest BCUT2D eigenvalue weighted by Crippen LogP contribution is -2.26. The van der Waals surface area contributed by atoms with Crippen molar-refractivity contribution in [2.24, 2.45) is 0 Å². The Kier molecular flexibility index (Phi) is 5.87. The van der Waals surface area contributed by atoms with E-state index in [1.54, 1.807) is 19.2 Å². The Morgan fingerprint density at radius 1 is 1.07 bits per heavy atom. The molecule has 1 aromatic heterocycles. The van der Waals surface area contributed by atoms with Crippen molar-refractivity contribution in [2.75, 3.05) is 20.3 Å². The molecule has 0 spiro atoms. The van der Waals surface area contributed by atoms with Crippen LogP contribution in [0.3, 0.4) is 0 Å². The summed E-state index contributed by atoms with van der Waals surface area (Å²) in [7, 11) is 1.59. The van der Waals surface area contributed by atoms with E-state index in [1.807, 2.05) is 0 Å². The van der Waals surface area contributed by atoms with Gasteiger partial charge in [0.15, 0.2) is 5.82 Å². The van der Waals surface area contributed by atoms with Crippen molar-refractivity contribution in [3.63, 3.8) is 0 Å². The van der Waals surface area contributed by atoms with Crippen LogP contribution in [0.5, 0.6) is 0 Å². The molecule has 1 amide bonds. The number of carbonyl (C=O) groups is 1. The molecule has 6 nitrogen and oxygen atoms in total. The molecule has 0 saturated carbocycles. The predicted octanol–water partition coefficient (Wildman–Crippen LogP) is 2.98. The normalized spacial score (nSPS) is 10.8. The zero-order valence-electron chi connectivity index (χ0n) is 14.7. The van der Waals surface area contributed by atoms with Gasteiger partial charge in [0.05, 0.1) is 5.69 Å². The van der Waals surface area contributed by atoms with Crippen LogP contribution < -0.4 is 5.32 Å². The number of nitrogens with one attached hydrogen (secondary N) is 1. The number of hydrogen-bond donors (Lipinski definition) is 1. The first kappa shape index (κ1) is 18.7. The summed E-state index contributed by atoms with van der Waals surface area (Å²) in [5.74, 6) is -0.893. The quantitative estimate of drug-likeness (QED) is 0.648. The third-order valence-corrected chi connectivity index (χ3v) is 3.79. The molecule has 3 aromatic rings. The van der Waals surface area contributed by atoms with E-state index in [4.69, 9.17) is 4.74 Å². The summed E-state index contributed by atoms with van der Waals surface area (Å²) in [4.78, 5) is 16.6. The molecule has 0 atom stereocenters. The van der Waals surface area contributed by atoms with Crippen LogP contribution in [0.25, 0.3) is 17.1 Å². The smallest absolute Gasteiger partial charge is 0.290 e. The van der Waals surface area contributed by atoms with Gasteiger partial charge in [0.1, 0.15) is 11.6 Å². The van der Waals surface area contributed by atoms with Crippen LogP contribution in [0.15, 0.2) is 48.5 Å². The molecule has 0 saturated heterocycles. The van der Waals surface area contributed by atoms with Crippen LogP contribution in [0.4, 0.5) is 8.78 Å². The maximum Gasteiger partial charge on any atom is 0.290 e. The van der Waals surface area contributed by atoms with E-state index in [2.05, 4.69) is 15.4 Å². The molecule has 0 aliphatic rings. The Morgan fingerprint density at radius 2 is 1.70 bits per heavy atom. The highest BCUT2D eigenvalue weighted by Gasteiger charge is 2.18. The summed E-state index contributed by atoms with van der Waals surface area (Å²) < 4.78 is 32.9. The lowest BCUT2D eigenvalue weighted by Gasteiger charge is -2.05. The van der Waals surface area contributed by atoms with Crippen LogP contribution in [0.1, 0.15) is 17.0 Å². The number of halogens is 2. The molecule has 0 fully saturated rings. The molecule has 8 heteroatoms. The highest BCUT2D eigenvalue weighted by Crippen LogP contribution is 2.22. The van der Waals surface area contributed by atoms with Gasteiger partial charge in [0, 0.05) is 25.8 Å². The van der Waals surface area contributed by atoms with Gasteiger partial charge in [-0.3, -0.25) is 4.79 Å². The first-order valence-corrected chi connectivity index (χ1v) is 8.34. The highest BCUT2D eigenvalue weighted by molar-refractivity contribution is 5.91. The van der Waals surface area contributed by atoms with Crippen molar-refractivity contribution in [2.45, 2.75) is 6.42 Å². The second-order valence-electron chi connectivity index (χ2n) is 5.76. The minimum atomic E-state index is -0.435. The van der Waals surface area contributed by atoms with E-state index in [1.165, 1.54) is 41.1 Å². The first-order chi connectivity index (χ1) is 13.1. The standard InChI is InChI=1S/C19H18F2N4O2/c1-27-12-2-11-22-19(26)17-23-18(13-3-5-14(20)6-4-13)25(24-17)16-9-7-15(21)8-10-16/h3-10H,2,11-12H2,1H3,(H,22,26). The Balaban J connectivity index is 1.94. The molecule has 3 rings (SSSR count). The number of aromatic nitrogens is 3. The topological polar surface area (TPSA) is 69.0 Å². The summed E-state index contributed by atoms with van der Waals surface area (Å²) in [6.07, 6.45) is 0.658. The minimum absolute atomic E-state index is 0.0314. The summed E-state index contributed by atoms with van der Waals surface area (Å²) in [6, 6.07) is 11.3. The fourth-order valence-corrected chi connectivity index (χ4v) is 2.45. The van der Waals surface area contributed by atoms with E-state index in [0.29, 0.717) is 36.6 Å². The van der Waals surface area contributed by atoms with Crippen molar-refractivity contribution in [3.05, 3.63) is 66.0 Å². The van der Waals surface area contributed by atoms with Crippen LogP contribution >= 0.6 is 0 Å². The second-order valence-corrected chi connectivity index (χ2v) is 5.76. The molecule has 140 valence electrons. The maximum absolute atomic E-state index is 13.2. The number of nitrogens with zero attached hydrogens (tertiary/aromatic N) is 3. The van der Waals surface area contributed by atoms with Crippen molar-refractivity contribution >= 4 is 5.91 Å². The first-order valence-electron chi connectivity index (χ1n) is 8.34. The largest absolute Gasteiger partial charge is 0.385 e. The lowest BCUT2D eigenvalue weighted by molar-refractivity contribution is 0.0938. The Hall–Kier alpha value is -3.13. The lowest BCUT2D eigenvalue weighted by atomic mass is 10.2. The SMILES string of the molecule is COCCCNC(=O)c1nc(-c2ccc(F)cc2)n(-c2ccc(F)cc2)n1. The summed E-state index contributed by atoms with van der Waals surface area (Å²) in [5.41, 5.74) is 1.10. The number of carbonyl (C=O) groups excluding carboxylic acids is 1. The van der Waals surface area contributed by atoms with Gasteiger partial charge < -0.3 is 10.1 Å². The van der Waals surface area contributed by atoms with Crippen LogP contribution in [-0.2, 0) is 4.74 Å². The van der Waals surface area contributed by atoms with E-state index in [0.717, 1.165) is 0 Å². The molecular weight excluding hydrogens is 354 g/mol. The molecule has 1 heterocycles. The summed E-state index contributed by atoms with van der Waals surface area (Å²) in [5, 5.41) is 6.97. The molecule has 1 N–H and O–H groups in total. The van der Waals surface area contributed by atoms with Crippen LogP contribution in [0.2, 0.25) is 0 Å².